The Morgan fingerprint density at radius 1 is 1.05 bits per heavy atom. The summed E-state index contributed by atoms with van der Waals surface area (Å²) in [6, 6.07) is -1.53. The number of aliphatic carboxylic acids is 2. The van der Waals surface area contributed by atoms with Gasteiger partial charge in [-0.1, -0.05) is 0 Å². The third kappa shape index (κ3) is 5.61. The smallest absolute Gasteiger partial charge is 0.326 e. The van der Waals surface area contributed by atoms with E-state index in [2.05, 4.69) is 5.32 Å². The highest BCUT2D eigenvalue weighted by Gasteiger charge is 2.33. The van der Waals surface area contributed by atoms with Crippen molar-refractivity contribution in [3.63, 3.8) is 0 Å². The number of nitrogens with one attached hydrogen (secondary N) is 1. The maximum Gasteiger partial charge on any atom is 0.326 e. The SMILES string of the molecule is O=C(O)CCC(NC(=O)N(CC1CC1)CC1CC1)C(=O)O. The Bertz CT molecular complexity index is 404. The lowest BCUT2D eigenvalue weighted by Crippen LogP contribution is -2.49. The van der Waals surface area contributed by atoms with Crippen LogP contribution in [0.4, 0.5) is 4.79 Å². The van der Waals surface area contributed by atoms with E-state index in [0.717, 1.165) is 25.7 Å². The van der Waals surface area contributed by atoms with Crippen LogP contribution in [0.5, 0.6) is 0 Å². The minimum atomic E-state index is -1.19. The number of hydrogen-bond acceptors (Lipinski definition) is 3. The average molecular weight is 298 g/mol. The number of carboxylic acid groups (broad SMARTS) is 2. The molecule has 0 aromatic heterocycles. The summed E-state index contributed by atoms with van der Waals surface area (Å²) in [5.41, 5.74) is 0. The van der Waals surface area contributed by atoms with Gasteiger partial charge in [0.15, 0.2) is 0 Å². The second kappa shape index (κ2) is 6.78. The van der Waals surface area contributed by atoms with E-state index in [9.17, 15) is 14.4 Å². The van der Waals surface area contributed by atoms with Crippen LogP contribution in [-0.4, -0.2) is 52.2 Å². The number of amides is 2. The van der Waals surface area contributed by atoms with Gasteiger partial charge in [0.2, 0.25) is 0 Å². The molecular weight excluding hydrogens is 276 g/mol. The lowest BCUT2D eigenvalue weighted by molar-refractivity contribution is -0.140. The van der Waals surface area contributed by atoms with Crippen LogP contribution in [0.15, 0.2) is 0 Å². The molecule has 2 saturated carbocycles. The first-order chi connectivity index (χ1) is 9.95. The molecule has 7 heteroatoms. The van der Waals surface area contributed by atoms with Crippen molar-refractivity contribution in [1.82, 2.24) is 10.2 Å². The van der Waals surface area contributed by atoms with Crippen LogP contribution in [0.1, 0.15) is 38.5 Å². The zero-order valence-electron chi connectivity index (χ0n) is 12.0. The average Bonchev–Trinajstić information content (AvgIpc) is 3.27. The summed E-state index contributed by atoms with van der Waals surface area (Å²) in [4.78, 5) is 35.6. The summed E-state index contributed by atoms with van der Waals surface area (Å²) < 4.78 is 0. The molecule has 0 bridgehead atoms. The van der Waals surface area contributed by atoms with Gasteiger partial charge in [-0.2, -0.15) is 0 Å². The van der Waals surface area contributed by atoms with Crippen LogP contribution >= 0.6 is 0 Å². The van der Waals surface area contributed by atoms with E-state index in [1.807, 2.05) is 0 Å². The number of nitrogens with zero attached hydrogens (tertiary/aromatic N) is 1. The minimum absolute atomic E-state index is 0.100. The predicted octanol–water partition coefficient (Wildman–Crippen LogP) is 1.14. The molecule has 0 spiro atoms. The summed E-state index contributed by atoms with van der Waals surface area (Å²) >= 11 is 0. The van der Waals surface area contributed by atoms with E-state index in [1.165, 1.54) is 0 Å². The lowest BCUT2D eigenvalue weighted by Gasteiger charge is -2.25. The predicted molar refractivity (Wildman–Crippen MR) is 73.8 cm³/mol. The molecule has 0 radical (unpaired) electrons. The second-order valence-electron chi connectivity index (χ2n) is 6.06. The van der Waals surface area contributed by atoms with Gasteiger partial charge in [0.25, 0.3) is 0 Å². The molecule has 118 valence electrons. The minimum Gasteiger partial charge on any atom is -0.481 e. The molecule has 2 aliphatic rings. The highest BCUT2D eigenvalue weighted by molar-refractivity contribution is 5.83. The Morgan fingerprint density at radius 3 is 1.95 bits per heavy atom. The van der Waals surface area contributed by atoms with Gasteiger partial charge in [-0.3, -0.25) is 4.79 Å². The number of carbonyl (C=O) groups excluding carboxylic acids is 1. The van der Waals surface area contributed by atoms with E-state index in [0.29, 0.717) is 24.9 Å². The van der Waals surface area contributed by atoms with Gasteiger partial charge in [-0.15, -0.1) is 0 Å². The van der Waals surface area contributed by atoms with E-state index < -0.39 is 18.0 Å². The van der Waals surface area contributed by atoms with Gasteiger partial charge in [-0.05, 0) is 43.9 Å². The number of carbonyl (C=O) groups is 3. The van der Waals surface area contributed by atoms with Gasteiger partial charge in [-0.25, -0.2) is 9.59 Å². The van der Waals surface area contributed by atoms with E-state index in [-0.39, 0.29) is 18.9 Å². The first-order valence-corrected chi connectivity index (χ1v) is 7.45. The molecule has 0 aliphatic heterocycles. The third-order valence-electron chi connectivity index (χ3n) is 3.88. The van der Waals surface area contributed by atoms with Crippen molar-refractivity contribution in [2.45, 2.75) is 44.6 Å². The Kier molecular flexibility index (Phi) is 5.03. The van der Waals surface area contributed by atoms with Crippen LogP contribution in [0.25, 0.3) is 0 Å². The van der Waals surface area contributed by atoms with Crippen molar-refractivity contribution < 1.29 is 24.6 Å². The fourth-order valence-corrected chi connectivity index (χ4v) is 2.23. The zero-order chi connectivity index (χ0) is 15.4. The van der Waals surface area contributed by atoms with Crippen LogP contribution in [0, 0.1) is 11.8 Å². The van der Waals surface area contributed by atoms with Crippen LogP contribution in [-0.2, 0) is 9.59 Å². The standard InChI is InChI=1S/C14H22N2O5/c17-12(18)6-5-11(13(19)20)15-14(21)16(7-9-1-2-9)8-10-3-4-10/h9-11H,1-8H2,(H,15,21)(H,17,18)(H,19,20). The number of carboxylic acids is 2. The molecule has 7 nitrogen and oxygen atoms in total. The molecule has 1 unspecified atom stereocenters. The molecule has 0 saturated heterocycles. The quantitative estimate of drug-likeness (QED) is 0.591. The van der Waals surface area contributed by atoms with Crippen molar-refractivity contribution in [1.29, 1.82) is 0 Å². The molecule has 2 rings (SSSR count). The monoisotopic (exact) mass is 298 g/mol. The fourth-order valence-electron chi connectivity index (χ4n) is 2.23. The molecule has 1 atom stereocenters. The first kappa shape index (κ1) is 15.6. The third-order valence-corrected chi connectivity index (χ3v) is 3.88. The molecule has 0 aromatic carbocycles. The number of hydrogen-bond donors (Lipinski definition) is 3. The molecule has 3 N–H and O–H groups in total. The molecule has 2 amide bonds. The maximum absolute atomic E-state index is 12.2. The Labute approximate surface area is 123 Å². The van der Waals surface area contributed by atoms with Crippen molar-refractivity contribution in [2.75, 3.05) is 13.1 Å². The topological polar surface area (TPSA) is 107 Å². The highest BCUT2D eigenvalue weighted by atomic mass is 16.4. The van der Waals surface area contributed by atoms with Gasteiger partial charge in [0.1, 0.15) is 6.04 Å². The van der Waals surface area contributed by atoms with E-state index >= 15 is 0 Å². The first-order valence-electron chi connectivity index (χ1n) is 7.45. The van der Waals surface area contributed by atoms with E-state index in [4.69, 9.17) is 10.2 Å². The fraction of sp³-hybridized carbons (Fsp3) is 0.786. The lowest BCUT2D eigenvalue weighted by atomic mass is 10.1. The Balaban J connectivity index is 1.86. The van der Waals surface area contributed by atoms with Crippen molar-refractivity contribution in [3.05, 3.63) is 0 Å². The Morgan fingerprint density at radius 2 is 1.57 bits per heavy atom. The largest absolute Gasteiger partial charge is 0.481 e. The molecule has 2 fully saturated rings. The molecule has 0 aromatic rings. The summed E-state index contributed by atoms with van der Waals surface area (Å²) in [6.07, 6.45) is 4.11. The molecule has 2 aliphatic carbocycles. The molecule has 0 heterocycles. The summed E-state index contributed by atoms with van der Waals surface area (Å²) in [7, 11) is 0. The van der Waals surface area contributed by atoms with Crippen LogP contribution in [0.2, 0.25) is 0 Å². The van der Waals surface area contributed by atoms with Gasteiger partial charge >= 0.3 is 18.0 Å². The van der Waals surface area contributed by atoms with Gasteiger partial charge in [0, 0.05) is 19.5 Å². The zero-order valence-corrected chi connectivity index (χ0v) is 12.0. The molecule has 21 heavy (non-hydrogen) atoms. The second-order valence-corrected chi connectivity index (χ2v) is 6.06. The number of urea groups is 1. The summed E-state index contributed by atoms with van der Waals surface area (Å²) in [6.45, 7) is 1.35. The van der Waals surface area contributed by atoms with E-state index in [1.54, 1.807) is 4.90 Å². The summed E-state index contributed by atoms with van der Waals surface area (Å²) in [5, 5.41) is 20.2. The maximum atomic E-state index is 12.2. The summed E-state index contributed by atoms with van der Waals surface area (Å²) in [5.74, 6) is -1.18. The highest BCUT2D eigenvalue weighted by Crippen LogP contribution is 2.33. The Hall–Kier alpha value is -1.79. The normalized spacial score (nSPS) is 18.9. The number of rotatable bonds is 9. The van der Waals surface area contributed by atoms with Crippen molar-refractivity contribution >= 4 is 18.0 Å². The van der Waals surface area contributed by atoms with Crippen molar-refractivity contribution in [3.8, 4) is 0 Å². The van der Waals surface area contributed by atoms with Crippen LogP contribution in [0.3, 0.4) is 0 Å². The van der Waals surface area contributed by atoms with Gasteiger partial charge < -0.3 is 20.4 Å². The van der Waals surface area contributed by atoms with Gasteiger partial charge in [0.05, 0.1) is 0 Å². The van der Waals surface area contributed by atoms with Crippen LogP contribution < -0.4 is 5.32 Å². The molecular formula is C14H22N2O5. The van der Waals surface area contributed by atoms with Crippen molar-refractivity contribution in [2.24, 2.45) is 11.8 Å².